The molecule has 1 aliphatic carbocycles. The van der Waals surface area contributed by atoms with Crippen LogP contribution in [0, 0.1) is 12.8 Å². The van der Waals surface area contributed by atoms with E-state index < -0.39 is 0 Å². The normalized spacial score (nSPS) is 25.0. The Balaban J connectivity index is 1.85. The van der Waals surface area contributed by atoms with E-state index in [1.165, 1.54) is 31.0 Å². The van der Waals surface area contributed by atoms with E-state index in [0.717, 1.165) is 15.8 Å². The minimum absolute atomic E-state index is 0.110. The van der Waals surface area contributed by atoms with Crippen molar-refractivity contribution in [2.75, 3.05) is 0 Å². The minimum Gasteiger partial charge on any atom is -0.352 e. The molecule has 0 radical (unpaired) electrons. The van der Waals surface area contributed by atoms with E-state index in [2.05, 4.69) is 22.4 Å². The molecule has 0 saturated heterocycles. The molecule has 1 saturated carbocycles. The van der Waals surface area contributed by atoms with Crippen molar-refractivity contribution < 1.29 is 4.79 Å². The summed E-state index contributed by atoms with van der Waals surface area (Å²) >= 11 is 3.04. The number of carbonyl (C=O) groups excluding carboxylic acids is 1. The molecule has 3 atom stereocenters. The van der Waals surface area contributed by atoms with Gasteiger partial charge in [0.25, 0.3) is 0 Å². The number of aromatic nitrogens is 2. The first-order chi connectivity index (χ1) is 9.06. The summed E-state index contributed by atoms with van der Waals surface area (Å²) in [4.78, 5) is 12.2. The van der Waals surface area contributed by atoms with E-state index in [0.29, 0.717) is 12.0 Å². The number of rotatable bonds is 4. The molecule has 19 heavy (non-hydrogen) atoms. The largest absolute Gasteiger partial charge is 0.352 e. The van der Waals surface area contributed by atoms with Crippen LogP contribution < -0.4 is 5.32 Å². The highest BCUT2D eigenvalue weighted by atomic mass is 32.2. The summed E-state index contributed by atoms with van der Waals surface area (Å²) in [5.74, 6) is 0.718. The van der Waals surface area contributed by atoms with Crippen molar-refractivity contribution in [2.24, 2.45) is 5.92 Å². The second-order valence-corrected chi connectivity index (χ2v) is 7.99. The Morgan fingerprint density at radius 1 is 1.42 bits per heavy atom. The van der Waals surface area contributed by atoms with Crippen molar-refractivity contribution in [3.63, 3.8) is 0 Å². The number of thioether (sulfide) groups is 1. The maximum atomic E-state index is 12.2. The summed E-state index contributed by atoms with van der Waals surface area (Å²) in [6, 6.07) is 0.348. The molecule has 106 valence electrons. The summed E-state index contributed by atoms with van der Waals surface area (Å²) in [6.07, 6.45) is 4.86. The number of nitrogens with one attached hydrogen (secondary N) is 1. The fraction of sp³-hybridized carbons (Fsp3) is 0.769. The molecule has 0 spiro atoms. The van der Waals surface area contributed by atoms with Crippen LogP contribution in [0.25, 0.3) is 0 Å². The second-order valence-electron chi connectivity index (χ2n) is 5.22. The lowest BCUT2D eigenvalue weighted by molar-refractivity contribution is -0.121. The van der Waals surface area contributed by atoms with Crippen LogP contribution in [0.5, 0.6) is 0 Å². The molecule has 4 nitrogen and oxygen atoms in total. The van der Waals surface area contributed by atoms with E-state index in [1.807, 2.05) is 13.8 Å². The van der Waals surface area contributed by atoms with Crippen LogP contribution in [0.15, 0.2) is 4.34 Å². The zero-order valence-corrected chi connectivity index (χ0v) is 13.3. The lowest BCUT2D eigenvalue weighted by Gasteiger charge is -2.30. The molecule has 1 aliphatic rings. The van der Waals surface area contributed by atoms with Crippen LogP contribution in [0.3, 0.4) is 0 Å². The van der Waals surface area contributed by atoms with E-state index in [9.17, 15) is 4.79 Å². The van der Waals surface area contributed by atoms with Crippen LogP contribution in [-0.4, -0.2) is 27.4 Å². The highest BCUT2D eigenvalue weighted by Crippen LogP contribution is 2.28. The topological polar surface area (TPSA) is 54.9 Å². The predicted molar refractivity (Wildman–Crippen MR) is 79.5 cm³/mol. The SMILES string of the molecule is Cc1nnc(S[C@H](C)C(=O)N[C@@H]2CCCC[C@@H]2C)s1. The molecule has 1 fully saturated rings. The van der Waals surface area contributed by atoms with Gasteiger partial charge in [-0.15, -0.1) is 10.2 Å². The highest BCUT2D eigenvalue weighted by Gasteiger charge is 2.25. The molecule has 1 aromatic heterocycles. The van der Waals surface area contributed by atoms with Crippen LogP contribution in [0.2, 0.25) is 0 Å². The second kappa shape index (κ2) is 6.70. The Morgan fingerprint density at radius 3 is 2.79 bits per heavy atom. The monoisotopic (exact) mass is 299 g/mol. The maximum absolute atomic E-state index is 12.2. The van der Waals surface area contributed by atoms with Crippen molar-refractivity contribution in [3.8, 4) is 0 Å². The molecule has 2 rings (SSSR count). The zero-order chi connectivity index (χ0) is 13.8. The Morgan fingerprint density at radius 2 is 2.16 bits per heavy atom. The zero-order valence-electron chi connectivity index (χ0n) is 11.7. The molecule has 1 heterocycles. The molecule has 1 aromatic rings. The molecule has 0 aliphatic heterocycles. The Hall–Kier alpha value is -0.620. The van der Waals surface area contributed by atoms with Gasteiger partial charge in [-0.3, -0.25) is 4.79 Å². The summed E-state index contributed by atoms with van der Waals surface area (Å²) in [5, 5.41) is 12.0. The lowest BCUT2D eigenvalue weighted by Crippen LogP contribution is -2.44. The van der Waals surface area contributed by atoms with E-state index in [4.69, 9.17) is 0 Å². The lowest BCUT2D eigenvalue weighted by atomic mass is 9.86. The van der Waals surface area contributed by atoms with Gasteiger partial charge in [0.1, 0.15) is 5.01 Å². The molecule has 0 bridgehead atoms. The highest BCUT2D eigenvalue weighted by molar-refractivity contribution is 8.02. The van der Waals surface area contributed by atoms with Crippen molar-refractivity contribution in [1.82, 2.24) is 15.5 Å². The van der Waals surface area contributed by atoms with E-state index in [-0.39, 0.29) is 11.2 Å². The first-order valence-corrected chi connectivity index (χ1v) is 8.53. The van der Waals surface area contributed by atoms with Gasteiger partial charge in [-0.25, -0.2) is 0 Å². The maximum Gasteiger partial charge on any atom is 0.233 e. The van der Waals surface area contributed by atoms with Crippen molar-refractivity contribution in [2.45, 2.75) is 62.1 Å². The Bertz CT molecular complexity index is 435. The molecular weight excluding hydrogens is 278 g/mol. The third-order valence-electron chi connectivity index (χ3n) is 3.59. The molecule has 0 aromatic carbocycles. The Labute approximate surface area is 122 Å². The number of nitrogens with zero attached hydrogens (tertiary/aromatic N) is 2. The van der Waals surface area contributed by atoms with Gasteiger partial charge < -0.3 is 5.32 Å². The molecular formula is C13H21N3OS2. The number of aryl methyl sites for hydroxylation is 1. The van der Waals surface area contributed by atoms with Gasteiger partial charge in [0.05, 0.1) is 5.25 Å². The first-order valence-electron chi connectivity index (χ1n) is 6.83. The molecule has 1 amide bonds. The van der Waals surface area contributed by atoms with Crippen LogP contribution >= 0.6 is 23.1 Å². The third-order valence-corrected chi connectivity index (χ3v) is 5.62. The van der Waals surface area contributed by atoms with Crippen molar-refractivity contribution >= 4 is 29.0 Å². The van der Waals surface area contributed by atoms with Gasteiger partial charge in [-0.2, -0.15) is 0 Å². The number of hydrogen-bond donors (Lipinski definition) is 1. The van der Waals surface area contributed by atoms with Gasteiger partial charge in [0, 0.05) is 6.04 Å². The smallest absolute Gasteiger partial charge is 0.233 e. The Kier molecular flexibility index (Phi) is 5.21. The van der Waals surface area contributed by atoms with Crippen LogP contribution in [0.1, 0.15) is 44.5 Å². The van der Waals surface area contributed by atoms with Crippen LogP contribution in [-0.2, 0) is 4.79 Å². The van der Waals surface area contributed by atoms with Gasteiger partial charge in [-0.1, -0.05) is 42.9 Å². The van der Waals surface area contributed by atoms with Crippen molar-refractivity contribution in [3.05, 3.63) is 5.01 Å². The average molecular weight is 299 g/mol. The average Bonchev–Trinajstić information content (AvgIpc) is 2.77. The van der Waals surface area contributed by atoms with Gasteiger partial charge in [0.15, 0.2) is 4.34 Å². The molecule has 6 heteroatoms. The van der Waals surface area contributed by atoms with Crippen molar-refractivity contribution in [1.29, 1.82) is 0 Å². The summed E-state index contributed by atoms with van der Waals surface area (Å²) in [5.41, 5.74) is 0. The summed E-state index contributed by atoms with van der Waals surface area (Å²) in [7, 11) is 0. The van der Waals surface area contributed by atoms with Crippen LogP contribution in [0.4, 0.5) is 0 Å². The quantitative estimate of drug-likeness (QED) is 0.868. The van der Waals surface area contributed by atoms with Gasteiger partial charge >= 0.3 is 0 Å². The molecule has 0 unspecified atom stereocenters. The fourth-order valence-electron chi connectivity index (χ4n) is 2.36. The third kappa shape index (κ3) is 4.18. The standard InChI is InChI=1S/C13H21N3OS2/c1-8-6-4-5-7-11(8)14-12(17)9(2)18-13-16-15-10(3)19-13/h8-9,11H,4-7H2,1-3H3,(H,14,17)/t8-,9+,11+/m0/s1. The van der Waals surface area contributed by atoms with E-state index in [1.54, 1.807) is 11.3 Å². The summed E-state index contributed by atoms with van der Waals surface area (Å²) < 4.78 is 0.872. The fourth-order valence-corrected chi connectivity index (χ4v) is 4.33. The van der Waals surface area contributed by atoms with Gasteiger partial charge in [0.2, 0.25) is 5.91 Å². The minimum atomic E-state index is -0.110. The van der Waals surface area contributed by atoms with Gasteiger partial charge in [-0.05, 0) is 32.6 Å². The predicted octanol–water partition coefficient (Wildman–Crippen LogP) is 3.02. The number of hydrogen-bond acceptors (Lipinski definition) is 5. The molecule has 1 N–H and O–H groups in total. The number of amides is 1. The van der Waals surface area contributed by atoms with E-state index >= 15 is 0 Å². The summed E-state index contributed by atoms with van der Waals surface area (Å²) in [6.45, 7) is 6.09. The number of carbonyl (C=O) groups is 1. The first kappa shape index (κ1) is 14.8.